The molecule has 3 heteroatoms. The van der Waals surface area contributed by atoms with Gasteiger partial charge in [-0.1, -0.05) is 30.3 Å². The van der Waals surface area contributed by atoms with E-state index in [4.69, 9.17) is 0 Å². The average molecular weight is 271 g/mol. The molecule has 20 heavy (non-hydrogen) atoms. The Balaban J connectivity index is 1.79. The van der Waals surface area contributed by atoms with Gasteiger partial charge in [0.15, 0.2) is 0 Å². The van der Waals surface area contributed by atoms with Crippen LogP contribution in [0.1, 0.15) is 27.9 Å². The summed E-state index contributed by atoms with van der Waals surface area (Å²) in [6.07, 6.45) is 1.82. The van der Waals surface area contributed by atoms with E-state index in [0.29, 0.717) is 17.7 Å². The molecule has 0 aliphatic rings. The van der Waals surface area contributed by atoms with Crippen molar-refractivity contribution >= 4 is 5.91 Å². The summed E-state index contributed by atoms with van der Waals surface area (Å²) < 4.78 is 13.1. The van der Waals surface area contributed by atoms with E-state index in [-0.39, 0.29) is 11.7 Å². The number of amides is 1. The van der Waals surface area contributed by atoms with Crippen molar-refractivity contribution in [1.82, 2.24) is 5.32 Å². The highest BCUT2D eigenvalue weighted by molar-refractivity contribution is 5.94. The third kappa shape index (κ3) is 3.92. The fourth-order valence-electron chi connectivity index (χ4n) is 2.03. The maximum atomic E-state index is 13.1. The molecule has 0 spiro atoms. The Morgan fingerprint density at radius 3 is 2.60 bits per heavy atom. The predicted molar refractivity (Wildman–Crippen MR) is 78.2 cm³/mol. The maximum absolute atomic E-state index is 13.1. The largest absolute Gasteiger partial charge is 0.352 e. The molecule has 2 aromatic rings. The summed E-state index contributed by atoms with van der Waals surface area (Å²) in [4.78, 5) is 11.9. The summed E-state index contributed by atoms with van der Waals surface area (Å²) in [6.45, 7) is 2.27. The zero-order chi connectivity index (χ0) is 14.4. The smallest absolute Gasteiger partial charge is 0.251 e. The van der Waals surface area contributed by atoms with Gasteiger partial charge < -0.3 is 5.32 Å². The van der Waals surface area contributed by atoms with Crippen molar-refractivity contribution in [3.05, 3.63) is 71.0 Å². The highest BCUT2D eigenvalue weighted by atomic mass is 19.1. The number of benzene rings is 2. The van der Waals surface area contributed by atoms with Gasteiger partial charge in [0.25, 0.3) is 5.91 Å². The number of hydrogen-bond acceptors (Lipinski definition) is 1. The number of halogens is 1. The summed E-state index contributed by atoms with van der Waals surface area (Å²) in [5.74, 6) is -0.438. The molecule has 0 saturated heterocycles. The Hall–Kier alpha value is -2.16. The van der Waals surface area contributed by atoms with Crippen LogP contribution in [0.25, 0.3) is 0 Å². The Morgan fingerprint density at radius 1 is 1.15 bits per heavy atom. The lowest BCUT2D eigenvalue weighted by molar-refractivity contribution is 0.0953. The lowest BCUT2D eigenvalue weighted by Crippen LogP contribution is -2.24. The van der Waals surface area contributed by atoms with E-state index in [1.807, 2.05) is 18.2 Å². The molecular formula is C17H18FNO. The molecule has 0 unspecified atom stereocenters. The molecule has 1 N–H and O–H groups in total. The number of carbonyl (C=O) groups is 1. The van der Waals surface area contributed by atoms with Gasteiger partial charge in [-0.05, 0) is 49.1 Å². The molecule has 0 saturated carbocycles. The molecule has 0 radical (unpaired) electrons. The van der Waals surface area contributed by atoms with Crippen molar-refractivity contribution < 1.29 is 9.18 Å². The predicted octanol–water partition coefficient (Wildman–Crippen LogP) is 3.50. The molecule has 0 fully saturated rings. The minimum Gasteiger partial charge on any atom is -0.352 e. The first-order valence-corrected chi connectivity index (χ1v) is 6.75. The van der Waals surface area contributed by atoms with Crippen LogP contribution < -0.4 is 5.32 Å². The van der Waals surface area contributed by atoms with Gasteiger partial charge in [0.1, 0.15) is 5.82 Å². The summed E-state index contributed by atoms with van der Waals surface area (Å²) in [7, 11) is 0. The first-order valence-electron chi connectivity index (χ1n) is 6.75. The van der Waals surface area contributed by atoms with Gasteiger partial charge in [-0.25, -0.2) is 4.39 Å². The second-order valence-corrected chi connectivity index (χ2v) is 4.81. The first-order chi connectivity index (χ1) is 9.66. The topological polar surface area (TPSA) is 29.1 Å². The van der Waals surface area contributed by atoms with Crippen LogP contribution in [0.2, 0.25) is 0 Å². The molecule has 2 aromatic carbocycles. The van der Waals surface area contributed by atoms with Crippen LogP contribution in [0.15, 0.2) is 48.5 Å². The van der Waals surface area contributed by atoms with Gasteiger partial charge in [-0.2, -0.15) is 0 Å². The van der Waals surface area contributed by atoms with Crippen LogP contribution >= 0.6 is 0 Å². The van der Waals surface area contributed by atoms with Crippen molar-refractivity contribution in [2.24, 2.45) is 0 Å². The molecule has 0 bridgehead atoms. The molecule has 0 atom stereocenters. The summed E-state index contributed by atoms with van der Waals surface area (Å²) in [5.41, 5.74) is 2.25. The number of hydrogen-bond donors (Lipinski definition) is 1. The molecule has 2 rings (SSSR count). The second kappa shape index (κ2) is 6.85. The van der Waals surface area contributed by atoms with E-state index in [2.05, 4.69) is 17.4 Å². The Labute approximate surface area is 118 Å². The molecular weight excluding hydrogens is 253 g/mol. The van der Waals surface area contributed by atoms with Gasteiger partial charge in [0.2, 0.25) is 0 Å². The van der Waals surface area contributed by atoms with E-state index in [1.165, 1.54) is 17.7 Å². The number of rotatable bonds is 5. The molecule has 2 nitrogen and oxygen atoms in total. The third-order valence-electron chi connectivity index (χ3n) is 3.19. The van der Waals surface area contributed by atoms with E-state index >= 15 is 0 Å². The lowest BCUT2D eigenvalue weighted by atomic mass is 10.1. The normalized spacial score (nSPS) is 10.3. The highest BCUT2D eigenvalue weighted by Gasteiger charge is 2.06. The van der Waals surface area contributed by atoms with Crippen molar-refractivity contribution in [2.75, 3.05) is 6.54 Å². The van der Waals surface area contributed by atoms with Gasteiger partial charge >= 0.3 is 0 Å². The lowest BCUT2D eigenvalue weighted by Gasteiger charge is -2.06. The molecule has 0 heterocycles. The van der Waals surface area contributed by atoms with Crippen LogP contribution in [0.4, 0.5) is 4.39 Å². The minimum atomic E-state index is -0.286. The number of carbonyl (C=O) groups excluding carboxylic acids is 1. The third-order valence-corrected chi connectivity index (χ3v) is 3.19. The SMILES string of the molecule is Cc1cc(C(=O)NCCCc2ccccc2)ccc1F. The molecule has 0 aromatic heterocycles. The highest BCUT2D eigenvalue weighted by Crippen LogP contribution is 2.09. The number of aryl methyl sites for hydroxylation is 2. The van der Waals surface area contributed by atoms with Gasteiger partial charge in [0.05, 0.1) is 0 Å². The summed E-state index contributed by atoms with van der Waals surface area (Å²) in [6, 6.07) is 14.6. The summed E-state index contributed by atoms with van der Waals surface area (Å²) >= 11 is 0. The van der Waals surface area contributed by atoms with Crippen molar-refractivity contribution in [3.8, 4) is 0 Å². The Morgan fingerprint density at radius 2 is 1.90 bits per heavy atom. The molecule has 0 aliphatic carbocycles. The van der Waals surface area contributed by atoms with Gasteiger partial charge in [0, 0.05) is 12.1 Å². The Kier molecular flexibility index (Phi) is 4.88. The summed E-state index contributed by atoms with van der Waals surface area (Å²) in [5, 5.41) is 2.85. The van der Waals surface area contributed by atoms with E-state index in [9.17, 15) is 9.18 Å². The fourth-order valence-corrected chi connectivity index (χ4v) is 2.03. The molecule has 1 amide bonds. The van der Waals surface area contributed by atoms with Gasteiger partial charge in [-0.15, -0.1) is 0 Å². The minimum absolute atomic E-state index is 0.152. The molecule has 104 valence electrons. The zero-order valence-corrected chi connectivity index (χ0v) is 11.5. The first kappa shape index (κ1) is 14.3. The van der Waals surface area contributed by atoms with Crippen LogP contribution in [0.5, 0.6) is 0 Å². The van der Waals surface area contributed by atoms with Gasteiger partial charge in [-0.3, -0.25) is 4.79 Å². The van der Waals surface area contributed by atoms with E-state index in [0.717, 1.165) is 12.8 Å². The van der Waals surface area contributed by atoms with E-state index < -0.39 is 0 Å². The molecule has 0 aliphatic heterocycles. The standard InChI is InChI=1S/C17H18FNO/c1-13-12-15(9-10-16(13)18)17(20)19-11-5-8-14-6-3-2-4-7-14/h2-4,6-7,9-10,12H,5,8,11H2,1H3,(H,19,20). The fraction of sp³-hybridized carbons (Fsp3) is 0.235. The zero-order valence-electron chi connectivity index (χ0n) is 11.5. The van der Waals surface area contributed by atoms with Crippen molar-refractivity contribution in [1.29, 1.82) is 0 Å². The quantitative estimate of drug-likeness (QED) is 0.829. The monoisotopic (exact) mass is 271 g/mol. The Bertz CT molecular complexity index is 581. The number of nitrogens with one attached hydrogen (secondary N) is 1. The van der Waals surface area contributed by atoms with Crippen molar-refractivity contribution in [2.45, 2.75) is 19.8 Å². The second-order valence-electron chi connectivity index (χ2n) is 4.81. The van der Waals surface area contributed by atoms with Crippen LogP contribution in [-0.4, -0.2) is 12.5 Å². The van der Waals surface area contributed by atoms with Crippen molar-refractivity contribution in [3.63, 3.8) is 0 Å². The van der Waals surface area contributed by atoms with Crippen LogP contribution in [0.3, 0.4) is 0 Å². The average Bonchev–Trinajstić information content (AvgIpc) is 2.47. The van der Waals surface area contributed by atoms with E-state index in [1.54, 1.807) is 13.0 Å². The van der Waals surface area contributed by atoms with Crippen LogP contribution in [-0.2, 0) is 6.42 Å². The van der Waals surface area contributed by atoms with Crippen LogP contribution in [0, 0.1) is 12.7 Å². The maximum Gasteiger partial charge on any atom is 0.251 e.